The number of morpholine rings is 1. The molecule has 0 spiro atoms. The van der Waals surface area contributed by atoms with Crippen LogP contribution in [0.1, 0.15) is 27.9 Å². The van der Waals surface area contributed by atoms with Gasteiger partial charge in [0.15, 0.2) is 5.13 Å². The summed E-state index contributed by atoms with van der Waals surface area (Å²) in [5, 5.41) is 0.495. The van der Waals surface area contributed by atoms with E-state index < -0.39 is 17.6 Å². The molecule has 0 bridgehead atoms. The molecular weight excluding hydrogens is 439 g/mol. The fourth-order valence-corrected chi connectivity index (χ4v) is 4.77. The molecule has 1 aliphatic heterocycles. The van der Waals surface area contributed by atoms with Gasteiger partial charge in [-0.15, -0.1) is 0 Å². The second-order valence-corrected chi connectivity index (χ2v) is 8.82. The van der Waals surface area contributed by atoms with E-state index in [1.807, 2.05) is 25.1 Å². The summed E-state index contributed by atoms with van der Waals surface area (Å²) in [6, 6.07) is 10.4. The molecule has 0 saturated carbocycles. The van der Waals surface area contributed by atoms with Crippen LogP contribution in [0, 0.1) is 6.92 Å². The van der Waals surface area contributed by atoms with Crippen molar-refractivity contribution in [2.24, 2.45) is 0 Å². The van der Waals surface area contributed by atoms with Crippen molar-refractivity contribution in [1.29, 1.82) is 0 Å². The molecule has 0 N–H and O–H groups in total. The first-order valence-corrected chi connectivity index (χ1v) is 11.3. The lowest BCUT2D eigenvalue weighted by atomic mass is 10.1. The molecule has 170 valence electrons. The number of fused-ring (bicyclic) bond motifs is 1. The molecule has 4 rings (SSSR count). The van der Waals surface area contributed by atoms with Crippen LogP contribution in [0.15, 0.2) is 42.5 Å². The van der Waals surface area contributed by atoms with Crippen LogP contribution in [0.3, 0.4) is 0 Å². The zero-order valence-corrected chi connectivity index (χ0v) is 18.5. The van der Waals surface area contributed by atoms with Crippen molar-refractivity contribution in [3.05, 3.63) is 59.2 Å². The van der Waals surface area contributed by atoms with Gasteiger partial charge in [-0.2, -0.15) is 13.2 Å². The molecule has 1 saturated heterocycles. The maximum absolute atomic E-state index is 13.3. The van der Waals surface area contributed by atoms with E-state index in [4.69, 9.17) is 4.74 Å². The minimum Gasteiger partial charge on any atom is -0.379 e. The van der Waals surface area contributed by atoms with Gasteiger partial charge in [-0.1, -0.05) is 23.5 Å². The maximum Gasteiger partial charge on any atom is 0.416 e. The van der Waals surface area contributed by atoms with Gasteiger partial charge in [-0.3, -0.25) is 14.6 Å². The zero-order chi connectivity index (χ0) is 22.7. The van der Waals surface area contributed by atoms with Crippen LogP contribution in [0.5, 0.6) is 0 Å². The minimum absolute atomic E-state index is 0.00151. The summed E-state index contributed by atoms with van der Waals surface area (Å²) in [5.41, 5.74) is 1.01. The lowest BCUT2D eigenvalue weighted by molar-refractivity contribution is -0.137. The summed E-state index contributed by atoms with van der Waals surface area (Å²) in [7, 11) is 0. The van der Waals surface area contributed by atoms with Gasteiger partial charge in [0.1, 0.15) is 0 Å². The highest BCUT2D eigenvalue weighted by atomic mass is 32.1. The normalized spacial score (nSPS) is 15.2. The summed E-state index contributed by atoms with van der Waals surface area (Å²) < 4.78 is 45.9. The third-order valence-electron chi connectivity index (χ3n) is 5.41. The van der Waals surface area contributed by atoms with Gasteiger partial charge in [0.05, 0.1) is 29.0 Å². The topological polar surface area (TPSA) is 45.7 Å². The number of hydrogen-bond donors (Lipinski definition) is 0. The maximum atomic E-state index is 13.3. The number of nitrogens with zero attached hydrogens (tertiary/aromatic N) is 3. The van der Waals surface area contributed by atoms with Crippen LogP contribution in [0.4, 0.5) is 18.3 Å². The summed E-state index contributed by atoms with van der Waals surface area (Å²) in [5.74, 6) is -0.478. The number of aromatic nitrogens is 1. The number of ether oxygens (including phenoxy) is 1. The second kappa shape index (κ2) is 9.56. The van der Waals surface area contributed by atoms with Crippen molar-refractivity contribution < 1.29 is 22.7 Å². The molecule has 1 fully saturated rings. The van der Waals surface area contributed by atoms with Crippen molar-refractivity contribution in [1.82, 2.24) is 9.88 Å². The minimum atomic E-state index is -4.51. The SMILES string of the molecule is Cc1ccc2nc(N(CCCN3CCOCC3)C(=O)c3cccc(C(F)(F)F)c3)sc2c1. The number of alkyl halides is 3. The van der Waals surface area contributed by atoms with E-state index in [1.165, 1.54) is 28.4 Å². The van der Waals surface area contributed by atoms with Crippen LogP contribution in [0.25, 0.3) is 10.2 Å². The van der Waals surface area contributed by atoms with Crippen molar-refractivity contribution in [2.45, 2.75) is 19.5 Å². The number of aryl methyl sites for hydroxylation is 1. The van der Waals surface area contributed by atoms with Crippen LogP contribution in [-0.4, -0.2) is 55.2 Å². The number of thiazole rings is 1. The van der Waals surface area contributed by atoms with Crippen LogP contribution >= 0.6 is 11.3 Å². The van der Waals surface area contributed by atoms with E-state index in [-0.39, 0.29) is 5.56 Å². The predicted octanol–water partition coefficient (Wildman–Crippen LogP) is 4.99. The van der Waals surface area contributed by atoms with E-state index in [0.717, 1.165) is 47.5 Å². The van der Waals surface area contributed by atoms with Crippen molar-refractivity contribution in [2.75, 3.05) is 44.3 Å². The standard InChI is InChI=1S/C23H24F3N3O2S/c1-16-6-7-19-20(14-16)32-22(27-19)29(9-3-8-28-10-12-31-13-11-28)21(30)17-4-2-5-18(15-17)23(24,25)26/h2,4-7,14-15H,3,8-13H2,1H3. The highest BCUT2D eigenvalue weighted by molar-refractivity contribution is 7.22. The average molecular weight is 464 g/mol. The Morgan fingerprint density at radius 3 is 2.72 bits per heavy atom. The molecule has 9 heteroatoms. The van der Waals surface area contributed by atoms with Crippen molar-refractivity contribution in [3.8, 4) is 0 Å². The molecule has 2 aromatic carbocycles. The molecule has 3 aromatic rings. The molecule has 1 amide bonds. The van der Waals surface area contributed by atoms with Crippen LogP contribution < -0.4 is 4.90 Å². The highest BCUT2D eigenvalue weighted by Gasteiger charge is 2.32. The largest absolute Gasteiger partial charge is 0.416 e. The smallest absolute Gasteiger partial charge is 0.379 e. The molecule has 5 nitrogen and oxygen atoms in total. The molecule has 0 aliphatic carbocycles. The number of anilines is 1. The Kier molecular flexibility index (Phi) is 6.78. The van der Waals surface area contributed by atoms with Crippen LogP contribution in [0.2, 0.25) is 0 Å². The number of halogens is 3. The highest BCUT2D eigenvalue weighted by Crippen LogP contribution is 2.32. The summed E-state index contributed by atoms with van der Waals surface area (Å²) >= 11 is 1.38. The van der Waals surface area contributed by atoms with Gasteiger partial charge in [0, 0.05) is 31.7 Å². The lowest BCUT2D eigenvalue weighted by Gasteiger charge is -2.27. The van der Waals surface area contributed by atoms with Gasteiger partial charge in [-0.05, 0) is 49.2 Å². The van der Waals surface area contributed by atoms with Gasteiger partial charge >= 0.3 is 6.18 Å². The van der Waals surface area contributed by atoms with Gasteiger partial charge in [-0.25, -0.2) is 4.98 Å². The fourth-order valence-electron chi connectivity index (χ4n) is 3.68. The lowest BCUT2D eigenvalue weighted by Crippen LogP contribution is -2.39. The van der Waals surface area contributed by atoms with E-state index in [1.54, 1.807) is 0 Å². The molecule has 1 aromatic heterocycles. The Morgan fingerprint density at radius 2 is 1.97 bits per heavy atom. The first kappa shape index (κ1) is 22.7. The number of carbonyl (C=O) groups is 1. The van der Waals surface area contributed by atoms with Crippen molar-refractivity contribution >= 4 is 32.6 Å². The quantitative estimate of drug-likeness (QED) is 0.517. The Morgan fingerprint density at radius 1 is 1.19 bits per heavy atom. The van der Waals surface area contributed by atoms with Crippen LogP contribution in [-0.2, 0) is 10.9 Å². The Bertz CT molecular complexity index is 1090. The summed E-state index contributed by atoms with van der Waals surface area (Å²) in [6.07, 6.45) is -3.83. The Labute approximate surface area is 188 Å². The molecule has 0 unspecified atom stereocenters. The second-order valence-electron chi connectivity index (χ2n) is 7.81. The monoisotopic (exact) mass is 463 g/mol. The summed E-state index contributed by atoms with van der Waals surface area (Å²) in [6.45, 7) is 6.16. The van der Waals surface area contributed by atoms with E-state index in [9.17, 15) is 18.0 Å². The predicted molar refractivity (Wildman–Crippen MR) is 119 cm³/mol. The molecular formula is C23H24F3N3O2S. The molecule has 32 heavy (non-hydrogen) atoms. The molecule has 2 heterocycles. The average Bonchev–Trinajstić information content (AvgIpc) is 3.19. The third kappa shape index (κ3) is 5.28. The number of carbonyl (C=O) groups excluding carboxylic acids is 1. The third-order valence-corrected chi connectivity index (χ3v) is 6.45. The van der Waals surface area contributed by atoms with Crippen molar-refractivity contribution in [3.63, 3.8) is 0 Å². The number of benzene rings is 2. The van der Waals surface area contributed by atoms with Gasteiger partial charge < -0.3 is 4.74 Å². The fraction of sp³-hybridized carbons (Fsp3) is 0.391. The Hall–Kier alpha value is -2.49. The van der Waals surface area contributed by atoms with Gasteiger partial charge in [0.25, 0.3) is 5.91 Å². The first-order chi connectivity index (χ1) is 15.3. The van der Waals surface area contributed by atoms with E-state index >= 15 is 0 Å². The Balaban J connectivity index is 1.60. The summed E-state index contributed by atoms with van der Waals surface area (Å²) in [4.78, 5) is 21.7. The van der Waals surface area contributed by atoms with E-state index in [2.05, 4.69) is 9.88 Å². The number of rotatable bonds is 6. The van der Waals surface area contributed by atoms with Gasteiger partial charge in [0.2, 0.25) is 0 Å². The molecule has 0 atom stereocenters. The zero-order valence-electron chi connectivity index (χ0n) is 17.7. The first-order valence-electron chi connectivity index (χ1n) is 10.5. The molecule has 1 aliphatic rings. The molecule has 0 radical (unpaired) electrons. The number of amides is 1. The van der Waals surface area contributed by atoms with E-state index in [0.29, 0.717) is 31.3 Å². The number of hydrogen-bond acceptors (Lipinski definition) is 5.